The summed E-state index contributed by atoms with van der Waals surface area (Å²) in [6.45, 7) is 5.81. The highest BCUT2D eigenvalue weighted by Crippen LogP contribution is 2.25. The standard InChI is InChI=1S/C14H18N2O/c1-10-7-13(4-3-12(10)8-15)16-6-5-14(17)11(2)9-16/h3-4,7,11,14,17H,5-6,9H2,1-2H3. The Kier molecular flexibility index (Phi) is 3.35. The van der Waals surface area contributed by atoms with Crippen molar-refractivity contribution < 1.29 is 5.11 Å². The van der Waals surface area contributed by atoms with Gasteiger partial charge in [-0.2, -0.15) is 5.26 Å². The third-order valence-electron chi connectivity index (χ3n) is 3.56. The number of aliphatic hydroxyl groups excluding tert-OH is 1. The molecule has 1 fully saturated rings. The number of piperidine rings is 1. The zero-order valence-corrected chi connectivity index (χ0v) is 10.3. The van der Waals surface area contributed by atoms with Crippen LogP contribution in [0.25, 0.3) is 0 Å². The number of aryl methyl sites for hydroxylation is 1. The number of aliphatic hydroxyl groups is 1. The highest BCUT2D eigenvalue weighted by Gasteiger charge is 2.24. The van der Waals surface area contributed by atoms with Crippen molar-refractivity contribution in [3.63, 3.8) is 0 Å². The van der Waals surface area contributed by atoms with E-state index >= 15 is 0 Å². The Bertz CT molecular complexity index is 450. The molecule has 2 unspecified atom stereocenters. The molecule has 1 heterocycles. The van der Waals surface area contributed by atoms with Crippen molar-refractivity contribution in [2.24, 2.45) is 5.92 Å². The minimum atomic E-state index is -0.175. The van der Waals surface area contributed by atoms with Gasteiger partial charge in [-0.05, 0) is 43.0 Å². The molecule has 1 N–H and O–H groups in total. The third kappa shape index (κ3) is 2.42. The van der Waals surface area contributed by atoms with Crippen molar-refractivity contribution in [3.05, 3.63) is 29.3 Å². The van der Waals surface area contributed by atoms with Crippen molar-refractivity contribution in [1.82, 2.24) is 0 Å². The van der Waals surface area contributed by atoms with E-state index in [-0.39, 0.29) is 6.10 Å². The largest absolute Gasteiger partial charge is 0.393 e. The van der Waals surface area contributed by atoms with Crippen LogP contribution in [0, 0.1) is 24.2 Å². The fourth-order valence-electron chi connectivity index (χ4n) is 2.34. The van der Waals surface area contributed by atoms with Crippen LogP contribution in [0.5, 0.6) is 0 Å². The Balaban J connectivity index is 2.18. The molecule has 0 bridgehead atoms. The van der Waals surface area contributed by atoms with Crippen LogP contribution in [-0.2, 0) is 0 Å². The molecule has 2 rings (SSSR count). The van der Waals surface area contributed by atoms with E-state index in [1.807, 2.05) is 19.1 Å². The van der Waals surface area contributed by atoms with Crippen molar-refractivity contribution >= 4 is 5.69 Å². The first kappa shape index (κ1) is 11.9. The lowest BCUT2D eigenvalue weighted by molar-refractivity contribution is 0.0971. The fraction of sp³-hybridized carbons (Fsp3) is 0.500. The number of rotatable bonds is 1. The van der Waals surface area contributed by atoms with Gasteiger partial charge in [-0.15, -0.1) is 0 Å². The van der Waals surface area contributed by atoms with Crippen LogP contribution in [0.3, 0.4) is 0 Å². The summed E-state index contributed by atoms with van der Waals surface area (Å²) in [5.74, 6) is 0.305. The summed E-state index contributed by atoms with van der Waals surface area (Å²) in [7, 11) is 0. The molecule has 1 aliphatic rings. The minimum Gasteiger partial charge on any atom is -0.393 e. The zero-order valence-electron chi connectivity index (χ0n) is 10.3. The van der Waals surface area contributed by atoms with Gasteiger partial charge in [0.05, 0.1) is 17.7 Å². The van der Waals surface area contributed by atoms with Gasteiger partial charge in [0.2, 0.25) is 0 Å². The zero-order chi connectivity index (χ0) is 12.4. The molecule has 90 valence electrons. The molecule has 0 radical (unpaired) electrons. The Labute approximate surface area is 102 Å². The summed E-state index contributed by atoms with van der Waals surface area (Å²) in [5, 5.41) is 18.6. The average Bonchev–Trinajstić information content (AvgIpc) is 2.32. The maximum absolute atomic E-state index is 9.71. The fourth-order valence-corrected chi connectivity index (χ4v) is 2.34. The first-order valence-corrected chi connectivity index (χ1v) is 6.05. The number of nitriles is 1. The SMILES string of the molecule is Cc1cc(N2CCC(O)C(C)C2)ccc1C#N. The molecule has 0 saturated carbocycles. The molecule has 0 aromatic heterocycles. The molecular weight excluding hydrogens is 212 g/mol. The van der Waals surface area contributed by atoms with Gasteiger partial charge in [-0.1, -0.05) is 6.92 Å². The number of hydrogen-bond donors (Lipinski definition) is 1. The molecule has 3 heteroatoms. The molecule has 0 spiro atoms. The molecule has 2 atom stereocenters. The molecule has 0 amide bonds. The second-order valence-electron chi connectivity index (χ2n) is 4.89. The van der Waals surface area contributed by atoms with Crippen molar-refractivity contribution in [3.8, 4) is 6.07 Å². The van der Waals surface area contributed by atoms with E-state index < -0.39 is 0 Å². The van der Waals surface area contributed by atoms with Crippen LogP contribution >= 0.6 is 0 Å². The summed E-state index contributed by atoms with van der Waals surface area (Å²) >= 11 is 0. The molecule has 1 aliphatic heterocycles. The van der Waals surface area contributed by atoms with Crippen LogP contribution in [0.2, 0.25) is 0 Å². The van der Waals surface area contributed by atoms with Gasteiger partial charge in [0.1, 0.15) is 0 Å². The maximum atomic E-state index is 9.71. The molecule has 0 aliphatic carbocycles. The molecule has 3 nitrogen and oxygen atoms in total. The van der Waals surface area contributed by atoms with Gasteiger partial charge >= 0.3 is 0 Å². The molecular formula is C14H18N2O. The predicted molar refractivity (Wildman–Crippen MR) is 67.9 cm³/mol. The van der Waals surface area contributed by atoms with E-state index in [0.29, 0.717) is 5.92 Å². The van der Waals surface area contributed by atoms with Crippen LogP contribution in [0.1, 0.15) is 24.5 Å². The minimum absolute atomic E-state index is 0.175. The van der Waals surface area contributed by atoms with Gasteiger partial charge in [0, 0.05) is 18.8 Å². The lowest BCUT2D eigenvalue weighted by atomic mass is 9.96. The normalized spacial score (nSPS) is 24.5. The van der Waals surface area contributed by atoms with Crippen LogP contribution in [0.4, 0.5) is 5.69 Å². The third-order valence-corrected chi connectivity index (χ3v) is 3.56. The van der Waals surface area contributed by atoms with E-state index in [2.05, 4.69) is 24.0 Å². The van der Waals surface area contributed by atoms with E-state index in [4.69, 9.17) is 5.26 Å². The van der Waals surface area contributed by atoms with E-state index in [9.17, 15) is 5.11 Å². The Morgan fingerprint density at radius 1 is 1.47 bits per heavy atom. The highest BCUT2D eigenvalue weighted by molar-refractivity contribution is 5.53. The van der Waals surface area contributed by atoms with Gasteiger partial charge in [0.15, 0.2) is 0 Å². The van der Waals surface area contributed by atoms with Crippen LogP contribution in [-0.4, -0.2) is 24.3 Å². The lowest BCUT2D eigenvalue weighted by Gasteiger charge is -2.36. The van der Waals surface area contributed by atoms with E-state index in [0.717, 1.165) is 36.3 Å². The molecule has 17 heavy (non-hydrogen) atoms. The number of anilines is 1. The van der Waals surface area contributed by atoms with E-state index in [1.165, 1.54) is 0 Å². The lowest BCUT2D eigenvalue weighted by Crippen LogP contribution is -2.41. The number of hydrogen-bond acceptors (Lipinski definition) is 3. The Morgan fingerprint density at radius 2 is 2.24 bits per heavy atom. The number of nitrogens with zero attached hydrogens (tertiary/aromatic N) is 2. The monoisotopic (exact) mass is 230 g/mol. The van der Waals surface area contributed by atoms with Crippen molar-refractivity contribution in [2.75, 3.05) is 18.0 Å². The smallest absolute Gasteiger partial charge is 0.0994 e. The average molecular weight is 230 g/mol. The second-order valence-corrected chi connectivity index (χ2v) is 4.89. The quantitative estimate of drug-likeness (QED) is 0.803. The highest BCUT2D eigenvalue weighted by atomic mass is 16.3. The van der Waals surface area contributed by atoms with Gasteiger partial charge in [-0.25, -0.2) is 0 Å². The summed E-state index contributed by atoms with van der Waals surface area (Å²) < 4.78 is 0. The van der Waals surface area contributed by atoms with Crippen molar-refractivity contribution in [1.29, 1.82) is 5.26 Å². The topological polar surface area (TPSA) is 47.3 Å². The Morgan fingerprint density at radius 3 is 2.82 bits per heavy atom. The maximum Gasteiger partial charge on any atom is 0.0994 e. The first-order chi connectivity index (χ1) is 8.11. The summed E-state index contributed by atoms with van der Waals surface area (Å²) in [4.78, 5) is 2.28. The van der Waals surface area contributed by atoms with Crippen LogP contribution < -0.4 is 4.90 Å². The second kappa shape index (κ2) is 4.77. The summed E-state index contributed by atoms with van der Waals surface area (Å²) in [5.41, 5.74) is 2.91. The molecule has 1 aromatic carbocycles. The summed E-state index contributed by atoms with van der Waals surface area (Å²) in [6, 6.07) is 8.11. The molecule has 1 aromatic rings. The van der Waals surface area contributed by atoms with Gasteiger partial charge < -0.3 is 10.0 Å². The first-order valence-electron chi connectivity index (χ1n) is 6.05. The predicted octanol–water partition coefficient (Wildman–Crippen LogP) is 2.07. The number of benzene rings is 1. The Hall–Kier alpha value is -1.53. The van der Waals surface area contributed by atoms with Gasteiger partial charge in [-0.3, -0.25) is 0 Å². The van der Waals surface area contributed by atoms with E-state index in [1.54, 1.807) is 0 Å². The van der Waals surface area contributed by atoms with Crippen LogP contribution in [0.15, 0.2) is 18.2 Å². The van der Waals surface area contributed by atoms with Crippen molar-refractivity contribution in [2.45, 2.75) is 26.4 Å². The van der Waals surface area contributed by atoms with Gasteiger partial charge in [0.25, 0.3) is 0 Å². The molecule has 1 saturated heterocycles. The summed E-state index contributed by atoms with van der Waals surface area (Å²) in [6.07, 6.45) is 0.644.